The van der Waals surface area contributed by atoms with E-state index in [1.807, 2.05) is 6.92 Å². The molecule has 0 saturated carbocycles. The van der Waals surface area contributed by atoms with E-state index in [9.17, 15) is 9.18 Å². The molecule has 1 rings (SSSR count). The minimum absolute atomic E-state index is 0.0358. The van der Waals surface area contributed by atoms with Crippen LogP contribution in [-0.4, -0.2) is 28.8 Å². The van der Waals surface area contributed by atoms with E-state index in [1.165, 1.54) is 0 Å². The minimum Gasteiger partial charge on any atom is -0.444 e. The van der Waals surface area contributed by atoms with Crippen LogP contribution < -0.4 is 10.6 Å². The highest BCUT2D eigenvalue weighted by Gasteiger charge is 2.23. The van der Waals surface area contributed by atoms with Crippen LogP contribution in [0.1, 0.15) is 46.6 Å². The summed E-state index contributed by atoms with van der Waals surface area (Å²) in [4.78, 5) is 15.7. The van der Waals surface area contributed by atoms with Crippen molar-refractivity contribution in [3.05, 3.63) is 22.6 Å². The third kappa shape index (κ3) is 5.85. The molecule has 0 aliphatic heterocycles. The van der Waals surface area contributed by atoms with Crippen molar-refractivity contribution in [2.75, 3.05) is 5.32 Å². The van der Waals surface area contributed by atoms with Crippen LogP contribution in [0, 0.1) is 17.1 Å². The molecule has 0 saturated heterocycles. The molecule has 1 heterocycles. The Kier molecular flexibility index (Phi) is 6.79. The van der Waals surface area contributed by atoms with Crippen LogP contribution >= 0.6 is 11.6 Å². The van der Waals surface area contributed by atoms with Crippen LogP contribution in [0.5, 0.6) is 0 Å². The molecule has 6 nitrogen and oxygen atoms in total. The maximum atomic E-state index is 14.0. The van der Waals surface area contributed by atoms with Gasteiger partial charge in [-0.05, 0) is 40.2 Å². The van der Waals surface area contributed by atoms with Gasteiger partial charge in [-0.25, -0.2) is 14.2 Å². The van der Waals surface area contributed by atoms with Gasteiger partial charge in [0.05, 0.1) is 11.6 Å². The van der Waals surface area contributed by atoms with Gasteiger partial charge in [0.1, 0.15) is 16.8 Å². The van der Waals surface area contributed by atoms with Crippen LogP contribution in [0.4, 0.5) is 15.0 Å². The van der Waals surface area contributed by atoms with Gasteiger partial charge < -0.3 is 15.4 Å². The lowest BCUT2D eigenvalue weighted by molar-refractivity contribution is 0.0498. The first-order chi connectivity index (χ1) is 11.1. The Morgan fingerprint density at radius 1 is 1.54 bits per heavy atom. The zero-order chi connectivity index (χ0) is 18.5. The van der Waals surface area contributed by atoms with E-state index in [0.717, 1.165) is 6.07 Å². The van der Waals surface area contributed by atoms with Crippen LogP contribution in [0.25, 0.3) is 0 Å². The predicted octanol–water partition coefficient (Wildman–Crippen LogP) is 3.85. The van der Waals surface area contributed by atoms with Crippen molar-refractivity contribution in [2.45, 2.75) is 58.7 Å². The Balaban J connectivity index is 2.81. The maximum Gasteiger partial charge on any atom is 0.407 e. The highest BCUT2D eigenvalue weighted by molar-refractivity contribution is 6.30. The number of hydrogen-bond acceptors (Lipinski definition) is 5. The number of amides is 1. The summed E-state index contributed by atoms with van der Waals surface area (Å²) >= 11 is 5.83. The van der Waals surface area contributed by atoms with Gasteiger partial charge in [0, 0.05) is 6.04 Å². The third-order valence-electron chi connectivity index (χ3n) is 3.16. The van der Waals surface area contributed by atoms with Crippen molar-refractivity contribution in [1.82, 2.24) is 10.3 Å². The fourth-order valence-corrected chi connectivity index (χ4v) is 2.18. The fraction of sp³-hybridized carbons (Fsp3) is 0.562. The lowest BCUT2D eigenvalue weighted by Crippen LogP contribution is -2.47. The number of ether oxygens (including phenoxy) is 1. The number of nitriles is 1. The molecule has 0 bridgehead atoms. The van der Waals surface area contributed by atoms with Crippen LogP contribution in [-0.2, 0) is 4.74 Å². The second-order valence-electron chi connectivity index (χ2n) is 6.36. The molecule has 0 aromatic carbocycles. The zero-order valence-electron chi connectivity index (χ0n) is 14.4. The molecule has 132 valence electrons. The summed E-state index contributed by atoms with van der Waals surface area (Å²) in [5.41, 5.74) is -0.640. The van der Waals surface area contributed by atoms with Crippen LogP contribution in [0.15, 0.2) is 6.07 Å². The van der Waals surface area contributed by atoms with Gasteiger partial charge in [-0.1, -0.05) is 18.5 Å². The van der Waals surface area contributed by atoms with Crippen LogP contribution in [0.3, 0.4) is 0 Å². The molecular weight excluding hydrogens is 335 g/mol. The number of nitrogens with one attached hydrogen (secondary N) is 2. The number of alkyl carbamates (subject to hydrolysis) is 1. The second-order valence-corrected chi connectivity index (χ2v) is 6.72. The van der Waals surface area contributed by atoms with E-state index in [2.05, 4.69) is 15.6 Å². The molecule has 1 amide bonds. The Bertz CT molecular complexity index is 640. The summed E-state index contributed by atoms with van der Waals surface area (Å²) in [6, 6.07) is 2.13. The van der Waals surface area contributed by atoms with Crippen molar-refractivity contribution in [1.29, 1.82) is 5.26 Å². The molecular formula is C16H22ClFN4O2. The van der Waals surface area contributed by atoms with E-state index in [1.54, 1.807) is 33.8 Å². The number of anilines is 1. The Hall–Kier alpha value is -2.07. The summed E-state index contributed by atoms with van der Waals surface area (Å²) in [7, 11) is 0. The first-order valence-electron chi connectivity index (χ1n) is 7.59. The molecule has 2 N–H and O–H groups in total. The number of aromatic nitrogens is 1. The summed E-state index contributed by atoms with van der Waals surface area (Å²) in [6.45, 7) is 8.97. The molecule has 1 aromatic rings. The van der Waals surface area contributed by atoms with Gasteiger partial charge >= 0.3 is 6.09 Å². The predicted molar refractivity (Wildman–Crippen MR) is 90.5 cm³/mol. The van der Waals surface area contributed by atoms with E-state index in [4.69, 9.17) is 21.6 Å². The minimum atomic E-state index is -0.685. The number of carbonyl (C=O) groups excluding carboxylic acids is 1. The molecule has 0 unspecified atom stereocenters. The van der Waals surface area contributed by atoms with Gasteiger partial charge in [-0.2, -0.15) is 5.26 Å². The standard InChI is InChI=1S/C16H22ClFN4O2/c1-6-12(21-15(23)24-16(3,4)5)9(2)20-14-11(18)7-10(8-19)13(17)22-14/h7,9,12H,6H2,1-5H3,(H,20,22)(H,21,23)/t9-,12+/m1/s1. The first kappa shape index (κ1) is 20.0. The Morgan fingerprint density at radius 3 is 2.67 bits per heavy atom. The molecule has 0 aliphatic carbocycles. The second kappa shape index (κ2) is 8.15. The molecule has 0 spiro atoms. The number of hydrogen-bond donors (Lipinski definition) is 2. The highest BCUT2D eigenvalue weighted by Crippen LogP contribution is 2.21. The van der Waals surface area contributed by atoms with E-state index >= 15 is 0 Å². The molecule has 0 radical (unpaired) electrons. The summed E-state index contributed by atoms with van der Waals surface area (Å²) in [5.74, 6) is -0.758. The van der Waals surface area contributed by atoms with Gasteiger partial charge in [0.25, 0.3) is 0 Å². The molecule has 1 aromatic heterocycles. The summed E-state index contributed by atoms with van der Waals surface area (Å²) in [5, 5.41) is 14.3. The number of halogens is 2. The molecule has 24 heavy (non-hydrogen) atoms. The van der Waals surface area contributed by atoms with E-state index < -0.39 is 17.5 Å². The summed E-state index contributed by atoms with van der Waals surface area (Å²) < 4.78 is 19.2. The normalized spacial score (nSPS) is 13.6. The fourth-order valence-electron chi connectivity index (χ4n) is 2.00. The van der Waals surface area contributed by atoms with E-state index in [-0.39, 0.29) is 28.6 Å². The van der Waals surface area contributed by atoms with Crippen molar-refractivity contribution in [3.63, 3.8) is 0 Å². The quantitative estimate of drug-likeness (QED) is 0.782. The first-order valence-corrected chi connectivity index (χ1v) is 7.97. The van der Waals surface area contributed by atoms with Crippen LogP contribution in [0.2, 0.25) is 5.15 Å². The monoisotopic (exact) mass is 356 g/mol. The summed E-state index contributed by atoms with van der Waals surface area (Å²) in [6.07, 6.45) is 0.0493. The van der Waals surface area contributed by atoms with Gasteiger partial charge in [-0.15, -0.1) is 0 Å². The average Bonchev–Trinajstić information content (AvgIpc) is 2.46. The van der Waals surface area contributed by atoms with Crippen molar-refractivity contribution >= 4 is 23.5 Å². The lowest BCUT2D eigenvalue weighted by atomic mass is 10.1. The average molecular weight is 357 g/mol. The number of carbonyl (C=O) groups is 1. The maximum absolute atomic E-state index is 14.0. The van der Waals surface area contributed by atoms with Crippen molar-refractivity contribution < 1.29 is 13.9 Å². The number of pyridine rings is 1. The highest BCUT2D eigenvalue weighted by atomic mass is 35.5. The molecule has 2 atom stereocenters. The Labute approximate surface area is 146 Å². The molecule has 0 aliphatic rings. The number of nitrogens with zero attached hydrogens (tertiary/aromatic N) is 2. The third-order valence-corrected chi connectivity index (χ3v) is 3.45. The zero-order valence-corrected chi connectivity index (χ0v) is 15.2. The van der Waals surface area contributed by atoms with Gasteiger partial charge in [0.15, 0.2) is 11.6 Å². The molecule has 8 heteroatoms. The number of rotatable bonds is 5. The topological polar surface area (TPSA) is 87.0 Å². The molecule has 0 fully saturated rings. The Morgan fingerprint density at radius 2 is 2.17 bits per heavy atom. The van der Waals surface area contributed by atoms with Crippen molar-refractivity contribution in [3.8, 4) is 6.07 Å². The SMILES string of the molecule is CC[C@H](NC(=O)OC(C)(C)C)[C@@H](C)Nc1nc(Cl)c(C#N)cc1F. The smallest absolute Gasteiger partial charge is 0.407 e. The van der Waals surface area contributed by atoms with Gasteiger partial charge in [-0.3, -0.25) is 0 Å². The lowest BCUT2D eigenvalue weighted by Gasteiger charge is -2.27. The van der Waals surface area contributed by atoms with E-state index in [0.29, 0.717) is 6.42 Å². The van der Waals surface area contributed by atoms with Crippen molar-refractivity contribution in [2.24, 2.45) is 0 Å². The van der Waals surface area contributed by atoms with Gasteiger partial charge in [0.2, 0.25) is 0 Å². The largest absolute Gasteiger partial charge is 0.444 e.